The van der Waals surface area contributed by atoms with Gasteiger partial charge < -0.3 is 19.3 Å². The van der Waals surface area contributed by atoms with Gasteiger partial charge in [-0.1, -0.05) is 22.6 Å². The number of urea groups is 1. The third-order valence-corrected chi connectivity index (χ3v) is 4.59. The molecule has 0 bridgehead atoms. The Morgan fingerprint density at radius 1 is 1.67 bits per heavy atom. The summed E-state index contributed by atoms with van der Waals surface area (Å²) < 4.78 is 9.68. The van der Waals surface area contributed by atoms with Crippen LogP contribution in [0, 0.1) is 0 Å². The summed E-state index contributed by atoms with van der Waals surface area (Å²) in [6, 6.07) is -0.545. The number of rotatable bonds is 4. The SMILES string of the molecule is CC1(I)CN([C@H]2C[C@H](O)[C@@H](COP(N)O)O2)C(=O)NC1=O. The topological polar surface area (TPSA) is 134 Å². The zero-order chi connectivity index (χ0) is 15.8. The van der Waals surface area contributed by atoms with Crippen LogP contribution in [-0.2, 0) is 14.1 Å². The van der Waals surface area contributed by atoms with Crippen LogP contribution in [0.5, 0.6) is 0 Å². The molecule has 0 saturated carbocycles. The lowest BCUT2D eigenvalue weighted by atomic mass is 10.1. The fraction of sp³-hybridized carbons (Fsp3) is 0.800. The quantitative estimate of drug-likeness (QED) is 0.264. The molecule has 2 saturated heterocycles. The van der Waals surface area contributed by atoms with Crippen molar-refractivity contribution in [3.8, 4) is 0 Å². The predicted octanol–water partition coefficient (Wildman–Crippen LogP) is -0.598. The van der Waals surface area contributed by atoms with Crippen LogP contribution in [0.3, 0.4) is 0 Å². The summed E-state index contributed by atoms with van der Waals surface area (Å²) in [5.41, 5.74) is 5.11. The van der Waals surface area contributed by atoms with Crippen LogP contribution in [0.25, 0.3) is 0 Å². The monoisotopic (exact) mass is 433 g/mol. The van der Waals surface area contributed by atoms with E-state index in [1.165, 1.54) is 4.90 Å². The van der Waals surface area contributed by atoms with E-state index in [0.29, 0.717) is 0 Å². The van der Waals surface area contributed by atoms with E-state index >= 15 is 0 Å². The van der Waals surface area contributed by atoms with Crippen LogP contribution in [0.15, 0.2) is 0 Å². The van der Waals surface area contributed by atoms with Crippen molar-refractivity contribution in [1.29, 1.82) is 0 Å². The molecule has 5 atom stereocenters. The molecule has 3 amide bonds. The number of ether oxygens (including phenoxy) is 1. The average Bonchev–Trinajstić information content (AvgIpc) is 2.73. The Morgan fingerprint density at radius 2 is 2.33 bits per heavy atom. The largest absolute Gasteiger partial charge is 0.390 e. The van der Waals surface area contributed by atoms with Gasteiger partial charge in [0.05, 0.1) is 12.7 Å². The molecule has 0 aromatic rings. The Bertz CT molecular complexity index is 437. The van der Waals surface area contributed by atoms with Crippen LogP contribution < -0.4 is 10.8 Å². The third-order valence-electron chi connectivity index (χ3n) is 3.34. The molecule has 11 heteroatoms. The molecule has 2 heterocycles. The normalized spacial score (nSPS) is 38.5. The predicted molar refractivity (Wildman–Crippen MR) is 81.2 cm³/mol. The Hall–Kier alpha value is -0.100. The minimum absolute atomic E-state index is 0.0632. The van der Waals surface area contributed by atoms with E-state index in [2.05, 4.69) is 5.32 Å². The number of nitrogens with one attached hydrogen (secondary N) is 1. The minimum Gasteiger partial charge on any atom is -0.390 e. The lowest BCUT2D eigenvalue weighted by Crippen LogP contribution is -2.62. The molecule has 0 radical (unpaired) electrons. The summed E-state index contributed by atoms with van der Waals surface area (Å²) in [4.78, 5) is 33.9. The minimum atomic E-state index is -2.02. The highest BCUT2D eigenvalue weighted by atomic mass is 127. The zero-order valence-electron chi connectivity index (χ0n) is 11.2. The van der Waals surface area contributed by atoms with Gasteiger partial charge >= 0.3 is 6.03 Å². The number of hydrogen-bond donors (Lipinski definition) is 4. The Kier molecular flexibility index (Phi) is 5.40. The number of halogens is 1. The number of carbonyl (C=O) groups is 2. The Balaban J connectivity index is 1.99. The van der Waals surface area contributed by atoms with Gasteiger partial charge in [0.1, 0.15) is 15.8 Å². The van der Waals surface area contributed by atoms with Gasteiger partial charge in [-0.05, 0) is 6.92 Å². The Labute approximate surface area is 136 Å². The third kappa shape index (κ3) is 4.01. The van der Waals surface area contributed by atoms with Crippen LogP contribution >= 0.6 is 31.1 Å². The molecule has 120 valence electrons. The standard InChI is InChI=1S/C10H17IN3O6P/c1-10(11)4-14(9(17)13-8(10)16)7-2-5(15)6(20-7)3-19-21(12)18/h5-7,15,18H,2-4,12H2,1H3,(H,13,16,17)/t5-,6+,7+,10?,21?/m0/s1. The first-order chi connectivity index (χ1) is 9.70. The van der Waals surface area contributed by atoms with Gasteiger partial charge in [-0.15, -0.1) is 0 Å². The molecule has 2 aliphatic heterocycles. The molecule has 9 nitrogen and oxygen atoms in total. The van der Waals surface area contributed by atoms with Crippen molar-refractivity contribution < 1.29 is 28.8 Å². The van der Waals surface area contributed by atoms with Gasteiger partial charge in [0.2, 0.25) is 14.4 Å². The number of nitrogens with zero attached hydrogens (tertiary/aromatic N) is 1. The summed E-state index contributed by atoms with van der Waals surface area (Å²) >= 11 is 1.97. The smallest absolute Gasteiger partial charge is 0.326 e. The molecule has 2 aliphatic rings. The summed E-state index contributed by atoms with van der Waals surface area (Å²) in [6.07, 6.45) is -1.97. The molecule has 0 spiro atoms. The average molecular weight is 433 g/mol. The number of alkyl halides is 1. The second-order valence-corrected chi connectivity index (χ2v) is 8.36. The molecule has 5 N–H and O–H groups in total. The first kappa shape index (κ1) is 17.3. The van der Waals surface area contributed by atoms with Crippen LogP contribution in [-0.4, -0.2) is 61.8 Å². The number of carbonyl (C=O) groups excluding carboxylic acids is 2. The molecule has 2 rings (SSSR count). The maximum atomic E-state index is 11.9. The highest BCUT2D eigenvalue weighted by Gasteiger charge is 2.46. The first-order valence-electron chi connectivity index (χ1n) is 6.22. The van der Waals surface area contributed by atoms with Gasteiger partial charge in [-0.3, -0.25) is 20.5 Å². The van der Waals surface area contributed by atoms with Gasteiger partial charge in [-0.2, -0.15) is 0 Å². The zero-order valence-corrected chi connectivity index (χ0v) is 14.3. The Morgan fingerprint density at radius 3 is 2.95 bits per heavy atom. The molecular weight excluding hydrogens is 416 g/mol. The van der Waals surface area contributed by atoms with E-state index in [1.807, 2.05) is 22.6 Å². The van der Waals surface area contributed by atoms with Crippen molar-refractivity contribution in [2.45, 2.75) is 35.2 Å². The molecule has 0 aromatic heterocycles. The van der Waals surface area contributed by atoms with Crippen molar-refractivity contribution in [3.63, 3.8) is 0 Å². The van der Waals surface area contributed by atoms with Gasteiger partial charge in [0.15, 0.2) is 0 Å². The van der Waals surface area contributed by atoms with Crippen molar-refractivity contribution in [1.82, 2.24) is 10.2 Å². The maximum absolute atomic E-state index is 11.9. The number of hydrogen-bond acceptors (Lipinski definition) is 7. The highest BCUT2D eigenvalue weighted by Crippen LogP contribution is 2.31. The highest BCUT2D eigenvalue weighted by molar-refractivity contribution is 14.1. The molecule has 2 fully saturated rings. The van der Waals surface area contributed by atoms with E-state index < -0.39 is 36.4 Å². The molecule has 21 heavy (non-hydrogen) atoms. The number of aliphatic hydroxyl groups excluding tert-OH is 1. The number of amides is 3. The van der Waals surface area contributed by atoms with E-state index in [4.69, 9.17) is 19.7 Å². The number of nitrogens with two attached hydrogens (primary N) is 1. The van der Waals surface area contributed by atoms with Crippen molar-refractivity contribution in [2.24, 2.45) is 5.50 Å². The lowest BCUT2D eigenvalue weighted by Gasteiger charge is -2.38. The van der Waals surface area contributed by atoms with Crippen molar-refractivity contribution in [2.75, 3.05) is 13.2 Å². The number of aliphatic hydroxyl groups is 1. The second kappa shape index (κ2) is 6.57. The summed E-state index contributed by atoms with van der Waals surface area (Å²) in [7, 11) is -2.02. The summed E-state index contributed by atoms with van der Waals surface area (Å²) in [5, 5.41) is 12.2. The molecular formula is C10H17IN3O6P. The van der Waals surface area contributed by atoms with Crippen LogP contribution in [0.2, 0.25) is 0 Å². The lowest BCUT2D eigenvalue weighted by molar-refractivity contribution is -0.125. The maximum Gasteiger partial charge on any atom is 0.326 e. The van der Waals surface area contributed by atoms with Gasteiger partial charge in [-0.25, -0.2) is 4.79 Å². The molecule has 0 aromatic carbocycles. The van der Waals surface area contributed by atoms with Crippen LogP contribution in [0.4, 0.5) is 4.79 Å². The van der Waals surface area contributed by atoms with Gasteiger partial charge in [0, 0.05) is 13.0 Å². The van der Waals surface area contributed by atoms with E-state index in [9.17, 15) is 14.7 Å². The van der Waals surface area contributed by atoms with E-state index in [1.54, 1.807) is 6.92 Å². The van der Waals surface area contributed by atoms with Gasteiger partial charge in [0.25, 0.3) is 0 Å². The number of imide groups is 1. The molecule has 2 unspecified atom stereocenters. The van der Waals surface area contributed by atoms with Crippen molar-refractivity contribution in [3.05, 3.63) is 0 Å². The van der Waals surface area contributed by atoms with E-state index in [-0.39, 0.29) is 25.5 Å². The summed E-state index contributed by atoms with van der Waals surface area (Å²) in [6.45, 7) is 1.83. The fourth-order valence-corrected chi connectivity index (χ4v) is 3.00. The van der Waals surface area contributed by atoms with E-state index in [0.717, 1.165) is 0 Å². The fourth-order valence-electron chi connectivity index (χ4n) is 2.20. The first-order valence-corrected chi connectivity index (χ1v) is 8.58. The van der Waals surface area contributed by atoms with Crippen molar-refractivity contribution >= 4 is 43.1 Å². The summed E-state index contributed by atoms with van der Waals surface area (Å²) in [5.74, 6) is -0.350. The second-order valence-electron chi connectivity index (χ2n) is 5.12. The van der Waals surface area contributed by atoms with Crippen LogP contribution in [0.1, 0.15) is 13.3 Å². The molecule has 0 aliphatic carbocycles.